The number of hydrogen-bond acceptors (Lipinski definition) is 8. The largest absolute Gasteiger partial charge is 0.384 e. The zero-order valence-corrected chi connectivity index (χ0v) is 22.5. The number of thiophene rings is 1. The standard InChI is InChI=1S/C30H30N6OS/c1-30(2,37)26-9-6-10-27(33-26)34-28-23(25-16-20-7-4-5-8-24(20)38-25)17-31-29(35-28)32-22-12-11-21-18-36(3)14-13-19(21)15-22/h4-12,15-17,37H,13-14,18H2,1-3H3,(H2,31,32,33,34,35). The summed E-state index contributed by atoms with van der Waals surface area (Å²) in [4.78, 5) is 17.6. The summed E-state index contributed by atoms with van der Waals surface area (Å²) in [5.41, 5.74) is 4.12. The van der Waals surface area contributed by atoms with Crippen molar-refractivity contribution in [2.75, 3.05) is 24.2 Å². The van der Waals surface area contributed by atoms with Crippen LogP contribution in [0.25, 0.3) is 20.5 Å². The van der Waals surface area contributed by atoms with E-state index in [9.17, 15) is 5.11 Å². The second-order valence-corrected chi connectivity index (χ2v) is 11.4. The van der Waals surface area contributed by atoms with E-state index >= 15 is 0 Å². The molecule has 38 heavy (non-hydrogen) atoms. The monoisotopic (exact) mass is 522 g/mol. The predicted octanol–water partition coefficient (Wildman–Crippen LogP) is 6.46. The second-order valence-electron chi connectivity index (χ2n) is 10.3. The molecule has 0 amide bonds. The van der Waals surface area contributed by atoms with Gasteiger partial charge in [0, 0.05) is 34.6 Å². The number of nitrogens with one attached hydrogen (secondary N) is 2. The zero-order valence-electron chi connectivity index (χ0n) is 21.7. The van der Waals surface area contributed by atoms with Gasteiger partial charge in [0.25, 0.3) is 0 Å². The Balaban J connectivity index is 1.37. The number of benzene rings is 2. The van der Waals surface area contributed by atoms with Gasteiger partial charge in [0.15, 0.2) is 0 Å². The third-order valence-electron chi connectivity index (χ3n) is 6.77. The number of aliphatic hydroxyl groups is 1. The third kappa shape index (κ3) is 5.11. The number of likely N-dealkylation sites (N-methyl/N-ethyl adjacent to an activating group) is 1. The minimum atomic E-state index is -1.05. The average Bonchev–Trinajstić information content (AvgIpc) is 3.33. The van der Waals surface area contributed by atoms with E-state index in [1.165, 1.54) is 21.2 Å². The summed E-state index contributed by atoms with van der Waals surface area (Å²) < 4.78 is 1.21. The van der Waals surface area contributed by atoms with Gasteiger partial charge < -0.3 is 20.6 Å². The quantitative estimate of drug-likeness (QED) is 0.236. The van der Waals surface area contributed by atoms with Gasteiger partial charge in [0.2, 0.25) is 5.95 Å². The summed E-state index contributed by atoms with van der Waals surface area (Å²) >= 11 is 1.70. The maximum absolute atomic E-state index is 10.5. The number of aromatic nitrogens is 3. The van der Waals surface area contributed by atoms with E-state index in [0.29, 0.717) is 23.3 Å². The van der Waals surface area contributed by atoms with Crippen LogP contribution < -0.4 is 10.6 Å². The molecule has 0 atom stereocenters. The Hall–Kier alpha value is -3.85. The molecule has 0 unspecified atom stereocenters. The van der Waals surface area contributed by atoms with Gasteiger partial charge in [0.1, 0.15) is 17.2 Å². The lowest BCUT2D eigenvalue weighted by atomic mass is 9.99. The molecule has 3 N–H and O–H groups in total. The van der Waals surface area contributed by atoms with Crippen LogP contribution in [-0.2, 0) is 18.6 Å². The predicted molar refractivity (Wildman–Crippen MR) is 155 cm³/mol. The normalized spacial score (nSPS) is 13.9. The summed E-state index contributed by atoms with van der Waals surface area (Å²) in [5, 5.41) is 18.5. The van der Waals surface area contributed by atoms with Crippen LogP contribution in [0.4, 0.5) is 23.3 Å². The molecule has 3 aromatic heterocycles. The summed E-state index contributed by atoms with van der Waals surface area (Å²) in [5.74, 6) is 1.76. The fourth-order valence-electron chi connectivity index (χ4n) is 4.70. The molecular weight excluding hydrogens is 492 g/mol. The highest BCUT2D eigenvalue weighted by Gasteiger charge is 2.19. The van der Waals surface area contributed by atoms with Crippen molar-refractivity contribution in [3.63, 3.8) is 0 Å². The second kappa shape index (κ2) is 9.79. The van der Waals surface area contributed by atoms with Crippen molar-refractivity contribution in [1.29, 1.82) is 0 Å². The van der Waals surface area contributed by atoms with Crippen molar-refractivity contribution in [3.8, 4) is 10.4 Å². The Bertz CT molecular complexity index is 1590. The Kier molecular flexibility index (Phi) is 6.31. The first-order chi connectivity index (χ1) is 18.3. The maximum Gasteiger partial charge on any atom is 0.229 e. The van der Waals surface area contributed by atoms with Crippen molar-refractivity contribution in [2.45, 2.75) is 32.4 Å². The number of pyridine rings is 1. The molecule has 0 saturated heterocycles. The lowest BCUT2D eigenvalue weighted by Gasteiger charge is -2.25. The Morgan fingerprint density at radius 1 is 0.947 bits per heavy atom. The molecule has 7 nitrogen and oxygen atoms in total. The highest BCUT2D eigenvalue weighted by molar-refractivity contribution is 7.22. The molecule has 8 heteroatoms. The molecule has 0 radical (unpaired) electrons. The summed E-state index contributed by atoms with van der Waals surface area (Å²) in [7, 11) is 2.15. The van der Waals surface area contributed by atoms with Gasteiger partial charge in [-0.25, -0.2) is 9.97 Å². The Morgan fingerprint density at radius 3 is 2.66 bits per heavy atom. The van der Waals surface area contributed by atoms with E-state index in [1.54, 1.807) is 25.2 Å². The van der Waals surface area contributed by atoms with Gasteiger partial charge >= 0.3 is 0 Å². The Labute approximate surface area is 226 Å². The van der Waals surface area contributed by atoms with Crippen LogP contribution in [-0.4, -0.2) is 38.6 Å². The first-order valence-electron chi connectivity index (χ1n) is 12.7. The lowest BCUT2D eigenvalue weighted by molar-refractivity contribution is 0.0740. The van der Waals surface area contributed by atoms with Crippen molar-refractivity contribution in [2.24, 2.45) is 0 Å². The van der Waals surface area contributed by atoms with Gasteiger partial charge in [0.05, 0.1) is 11.3 Å². The number of anilines is 4. The van der Waals surface area contributed by atoms with Crippen LogP contribution in [0, 0.1) is 0 Å². The van der Waals surface area contributed by atoms with Gasteiger partial charge in [-0.05, 0) is 80.2 Å². The minimum Gasteiger partial charge on any atom is -0.384 e. The molecule has 0 saturated carbocycles. The summed E-state index contributed by atoms with van der Waals surface area (Å²) in [6, 6.07) is 22.5. The lowest BCUT2D eigenvalue weighted by Crippen LogP contribution is -2.26. The van der Waals surface area contributed by atoms with Crippen molar-refractivity contribution >= 4 is 44.7 Å². The van der Waals surface area contributed by atoms with E-state index in [4.69, 9.17) is 4.98 Å². The molecule has 1 aliphatic rings. The van der Waals surface area contributed by atoms with E-state index < -0.39 is 5.60 Å². The first-order valence-corrected chi connectivity index (χ1v) is 13.5. The van der Waals surface area contributed by atoms with Gasteiger partial charge in [-0.1, -0.05) is 30.3 Å². The van der Waals surface area contributed by atoms with Crippen LogP contribution in [0.3, 0.4) is 0 Å². The van der Waals surface area contributed by atoms with Crippen molar-refractivity contribution < 1.29 is 5.11 Å². The highest BCUT2D eigenvalue weighted by Crippen LogP contribution is 2.38. The van der Waals surface area contributed by atoms with Crippen LogP contribution >= 0.6 is 11.3 Å². The number of hydrogen-bond donors (Lipinski definition) is 3. The third-order valence-corrected chi connectivity index (χ3v) is 7.92. The molecule has 0 fully saturated rings. The molecule has 0 bridgehead atoms. The Morgan fingerprint density at radius 2 is 1.82 bits per heavy atom. The minimum absolute atomic E-state index is 0.504. The maximum atomic E-state index is 10.5. The molecule has 192 valence electrons. The molecule has 0 aliphatic carbocycles. The fourth-order valence-corrected chi connectivity index (χ4v) is 5.77. The molecule has 2 aromatic carbocycles. The summed E-state index contributed by atoms with van der Waals surface area (Å²) in [6.07, 6.45) is 2.89. The number of nitrogens with zero attached hydrogens (tertiary/aromatic N) is 4. The SMILES string of the molecule is CN1CCc2cc(Nc3ncc(-c4cc5ccccc5s4)c(Nc4cccc(C(C)(C)O)n4)n3)ccc2C1. The molecule has 0 spiro atoms. The van der Waals surface area contributed by atoms with Crippen LogP contribution in [0.15, 0.2) is 72.9 Å². The van der Waals surface area contributed by atoms with Crippen molar-refractivity contribution in [1.82, 2.24) is 19.9 Å². The fraction of sp³-hybridized carbons (Fsp3) is 0.233. The molecular formula is C30H30N6OS. The molecule has 6 rings (SSSR count). The topological polar surface area (TPSA) is 86.2 Å². The number of rotatable bonds is 6. The van der Waals surface area contributed by atoms with Gasteiger partial charge in [-0.2, -0.15) is 4.98 Å². The average molecular weight is 523 g/mol. The molecule has 1 aliphatic heterocycles. The van der Waals surface area contributed by atoms with Gasteiger partial charge in [-0.3, -0.25) is 0 Å². The first kappa shape index (κ1) is 24.5. The smallest absolute Gasteiger partial charge is 0.229 e. The van der Waals surface area contributed by atoms with E-state index in [2.05, 4.69) is 68.9 Å². The van der Waals surface area contributed by atoms with E-state index in [-0.39, 0.29) is 0 Å². The van der Waals surface area contributed by atoms with Crippen LogP contribution in [0.1, 0.15) is 30.7 Å². The van der Waals surface area contributed by atoms with Gasteiger partial charge in [-0.15, -0.1) is 11.3 Å². The summed E-state index contributed by atoms with van der Waals surface area (Å²) in [6.45, 7) is 5.48. The zero-order chi connectivity index (χ0) is 26.3. The van der Waals surface area contributed by atoms with E-state index in [0.717, 1.165) is 35.6 Å². The van der Waals surface area contributed by atoms with Crippen LogP contribution in [0.2, 0.25) is 0 Å². The molecule has 5 aromatic rings. The number of fused-ring (bicyclic) bond motifs is 2. The molecule has 4 heterocycles. The van der Waals surface area contributed by atoms with E-state index in [1.807, 2.05) is 36.5 Å². The highest BCUT2D eigenvalue weighted by atomic mass is 32.1. The van der Waals surface area contributed by atoms with Crippen LogP contribution in [0.5, 0.6) is 0 Å². The van der Waals surface area contributed by atoms with Crippen molar-refractivity contribution in [3.05, 3.63) is 89.7 Å².